The molecule has 15 heavy (non-hydrogen) atoms. The van der Waals surface area contributed by atoms with E-state index < -0.39 is 6.10 Å². The Morgan fingerprint density at radius 3 is 2.80 bits per heavy atom. The van der Waals surface area contributed by atoms with E-state index in [4.69, 9.17) is 4.52 Å². The quantitative estimate of drug-likeness (QED) is 0.923. The minimum Gasteiger partial charge on any atom is -0.385 e. The van der Waals surface area contributed by atoms with E-state index in [0.717, 1.165) is 14.2 Å². The van der Waals surface area contributed by atoms with Crippen molar-refractivity contribution >= 4 is 27.3 Å². The lowest BCUT2D eigenvalue weighted by Crippen LogP contribution is -1.92. The number of aliphatic hydroxyl groups excluding tert-OH is 1. The van der Waals surface area contributed by atoms with Gasteiger partial charge in [0.2, 0.25) is 0 Å². The molecule has 1 atom stereocenters. The molecule has 0 radical (unpaired) electrons. The van der Waals surface area contributed by atoms with Crippen LogP contribution in [0.1, 0.15) is 24.4 Å². The summed E-state index contributed by atoms with van der Waals surface area (Å²) in [5.74, 6) is 0.761. The summed E-state index contributed by atoms with van der Waals surface area (Å²) in [5, 5.41) is 12.9. The molecule has 0 aromatic carbocycles. The van der Waals surface area contributed by atoms with E-state index in [2.05, 4.69) is 26.1 Å². The first-order valence-corrected chi connectivity index (χ1v) is 5.97. The summed E-state index contributed by atoms with van der Waals surface area (Å²) >= 11 is 4.96. The summed E-state index contributed by atoms with van der Waals surface area (Å²) in [4.78, 5) is 5.00. The van der Waals surface area contributed by atoms with Crippen LogP contribution < -0.4 is 0 Å². The number of hydrogen-bond donors (Lipinski definition) is 1. The molecule has 6 heteroatoms. The molecule has 0 saturated carbocycles. The zero-order valence-corrected chi connectivity index (χ0v) is 10.6. The molecule has 0 spiro atoms. The fourth-order valence-electron chi connectivity index (χ4n) is 1.07. The zero-order valence-electron chi connectivity index (χ0n) is 8.19. The minimum atomic E-state index is -0.702. The van der Waals surface area contributed by atoms with Gasteiger partial charge in [0.15, 0.2) is 5.82 Å². The third-order valence-corrected chi connectivity index (χ3v) is 4.01. The Kier molecular flexibility index (Phi) is 2.90. The Bertz CT molecular complexity index is 459. The van der Waals surface area contributed by atoms with E-state index in [1.54, 1.807) is 6.92 Å². The molecule has 1 unspecified atom stereocenters. The van der Waals surface area contributed by atoms with E-state index in [0.29, 0.717) is 11.7 Å². The molecular formula is C9H9BrN2O2S. The molecular weight excluding hydrogens is 280 g/mol. The zero-order chi connectivity index (χ0) is 11.0. The van der Waals surface area contributed by atoms with Crippen LogP contribution in [0.2, 0.25) is 0 Å². The average Bonchev–Trinajstić information content (AvgIpc) is 2.74. The van der Waals surface area contributed by atoms with Gasteiger partial charge < -0.3 is 9.63 Å². The first kappa shape index (κ1) is 10.8. The Hall–Kier alpha value is -0.720. The third kappa shape index (κ3) is 2.11. The summed E-state index contributed by atoms with van der Waals surface area (Å²) in [6.45, 7) is 3.60. The number of halogens is 1. The molecule has 0 aliphatic heterocycles. The summed E-state index contributed by atoms with van der Waals surface area (Å²) in [6, 6.07) is 1.97. The van der Waals surface area contributed by atoms with Crippen LogP contribution in [0.15, 0.2) is 14.4 Å². The highest BCUT2D eigenvalue weighted by molar-refractivity contribution is 9.11. The highest BCUT2D eigenvalue weighted by Gasteiger charge is 2.15. The van der Waals surface area contributed by atoms with Crippen molar-refractivity contribution in [1.82, 2.24) is 10.1 Å². The van der Waals surface area contributed by atoms with Crippen LogP contribution in [0, 0.1) is 6.92 Å². The lowest BCUT2D eigenvalue weighted by Gasteiger charge is -1.91. The van der Waals surface area contributed by atoms with Gasteiger partial charge in [-0.15, -0.1) is 11.3 Å². The maximum Gasteiger partial charge on any atom is 0.268 e. The molecule has 2 rings (SSSR count). The number of rotatable bonds is 2. The van der Waals surface area contributed by atoms with Crippen LogP contribution in [0.5, 0.6) is 0 Å². The molecule has 0 saturated heterocycles. The van der Waals surface area contributed by atoms with Gasteiger partial charge in [-0.2, -0.15) is 4.98 Å². The van der Waals surface area contributed by atoms with E-state index >= 15 is 0 Å². The first-order chi connectivity index (χ1) is 7.08. The van der Waals surface area contributed by atoms with Crippen LogP contribution in [-0.2, 0) is 0 Å². The summed E-state index contributed by atoms with van der Waals surface area (Å²) in [7, 11) is 0. The van der Waals surface area contributed by atoms with E-state index in [1.807, 2.05) is 13.0 Å². The third-order valence-electron chi connectivity index (χ3n) is 1.88. The second-order valence-electron chi connectivity index (χ2n) is 3.20. The Morgan fingerprint density at radius 1 is 1.60 bits per heavy atom. The van der Waals surface area contributed by atoms with Crippen molar-refractivity contribution in [2.45, 2.75) is 20.0 Å². The van der Waals surface area contributed by atoms with Gasteiger partial charge in [0.1, 0.15) is 6.10 Å². The van der Waals surface area contributed by atoms with E-state index in [1.165, 1.54) is 11.3 Å². The smallest absolute Gasteiger partial charge is 0.268 e. The molecule has 2 aromatic rings. The number of aromatic nitrogens is 2. The topological polar surface area (TPSA) is 59.2 Å². The van der Waals surface area contributed by atoms with Crippen molar-refractivity contribution in [2.75, 3.05) is 0 Å². The van der Waals surface area contributed by atoms with Crippen molar-refractivity contribution in [3.8, 4) is 10.8 Å². The van der Waals surface area contributed by atoms with Gasteiger partial charge in [-0.25, -0.2) is 0 Å². The van der Waals surface area contributed by atoms with Crippen molar-refractivity contribution < 1.29 is 9.63 Å². The van der Waals surface area contributed by atoms with Gasteiger partial charge in [0.05, 0.1) is 8.66 Å². The molecule has 0 aliphatic rings. The largest absolute Gasteiger partial charge is 0.385 e. The number of aliphatic hydroxyl groups is 1. The second-order valence-corrected chi connectivity index (χ2v) is 5.57. The van der Waals surface area contributed by atoms with Gasteiger partial charge in [-0.1, -0.05) is 5.16 Å². The maximum absolute atomic E-state index is 9.25. The molecule has 0 bridgehead atoms. The van der Waals surface area contributed by atoms with Crippen molar-refractivity contribution in [3.05, 3.63) is 21.2 Å². The standard InChI is InChI=1S/C9H9BrN2O2S/c1-4-3-6(15-7(4)10)9-11-8(5(2)13)12-14-9/h3,5,13H,1-2H3. The Morgan fingerprint density at radius 2 is 2.33 bits per heavy atom. The van der Waals surface area contributed by atoms with Gasteiger partial charge >= 0.3 is 0 Å². The maximum atomic E-state index is 9.25. The normalized spacial score (nSPS) is 13.1. The number of thiophene rings is 1. The highest BCUT2D eigenvalue weighted by Crippen LogP contribution is 2.34. The van der Waals surface area contributed by atoms with Gasteiger partial charge in [0.25, 0.3) is 5.89 Å². The fourth-order valence-corrected chi connectivity index (χ4v) is 2.53. The summed E-state index contributed by atoms with van der Waals surface area (Å²) < 4.78 is 6.10. The molecule has 0 aliphatic carbocycles. The number of nitrogens with zero attached hydrogens (tertiary/aromatic N) is 2. The lowest BCUT2D eigenvalue weighted by molar-refractivity contribution is 0.184. The minimum absolute atomic E-state index is 0.312. The predicted molar refractivity (Wildman–Crippen MR) is 60.7 cm³/mol. The van der Waals surface area contributed by atoms with Gasteiger partial charge in [-0.05, 0) is 41.4 Å². The molecule has 4 nitrogen and oxygen atoms in total. The Balaban J connectivity index is 2.37. The molecule has 2 aromatic heterocycles. The van der Waals surface area contributed by atoms with Crippen LogP contribution in [-0.4, -0.2) is 15.2 Å². The van der Waals surface area contributed by atoms with Gasteiger partial charge in [-0.3, -0.25) is 0 Å². The van der Waals surface area contributed by atoms with Crippen LogP contribution in [0.25, 0.3) is 10.8 Å². The lowest BCUT2D eigenvalue weighted by atomic mass is 10.3. The monoisotopic (exact) mass is 288 g/mol. The predicted octanol–water partition coefficient (Wildman–Crippen LogP) is 2.92. The summed E-state index contributed by atoms with van der Waals surface area (Å²) in [5.41, 5.74) is 1.13. The van der Waals surface area contributed by atoms with Crippen molar-refractivity contribution in [3.63, 3.8) is 0 Å². The second kappa shape index (κ2) is 4.03. The molecule has 0 amide bonds. The van der Waals surface area contributed by atoms with Crippen LogP contribution >= 0.6 is 27.3 Å². The molecule has 2 heterocycles. The molecule has 0 fully saturated rings. The van der Waals surface area contributed by atoms with Crippen LogP contribution in [0.3, 0.4) is 0 Å². The molecule has 1 N–H and O–H groups in total. The van der Waals surface area contributed by atoms with E-state index in [-0.39, 0.29) is 0 Å². The number of aryl methyl sites for hydroxylation is 1. The SMILES string of the molecule is Cc1cc(-c2nc(C(C)O)no2)sc1Br. The summed E-state index contributed by atoms with van der Waals surface area (Å²) in [6.07, 6.45) is -0.702. The van der Waals surface area contributed by atoms with Crippen molar-refractivity contribution in [2.24, 2.45) is 0 Å². The van der Waals surface area contributed by atoms with E-state index in [9.17, 15) is 5.11 Å². The fraction of sp³-hybridized carbons (Fsp3) is 0.333. The first-order valence-electron chi connectivity index (χ1n) is 4.36. The van der Waals surface area contributed by atoms with Crippen LogP contribution in [0.4, 0.5) is 0 Å². The molecule has 80 valence electrons. The Labute approximate surface area is 99.1 Å². The highest BCUT2D eigenvalue weighted by atomic mass is 79.9. The average molecular weight is 289 g/mol. The van der Waals surface area contributed by atoms with Crippen molar-refractivity contribution in [1.29, 1.82) is 0 Å². The number of hydrogen-bond acceptors (Lipinski definition) is 5. The van der Waals surface area contributed by atoms with Gasteiger partial charge in [0, 0.05) is 0 Å².